The number of nitrogens with two attached hydrogens (primary N) is 1. The Kier molecular flexibility index (Phi) is 7.83. The lowest BCUT2D eigenvalue weighted by Crippen LogP contribution is -2.47. The van der Waals surface area contributed by atoms with Gasteiger partial charge in [0.25, 0.3) is 17.7 Å². The molecule has 3 amide bonds. The maximum absolute atomic E-state index is 13.1. The summed E-state index contributed by atoms with van der Waals surface area (Å²) in [6.07, 6.45) is -0.0422. The molecule has 0 fully saturated rings. The molecule has 0 saturated carbocycles. The van der Waals surface area contributed by atoms with Crippen LogP contribution in [0.25, 0.3) is 0 Å². The third-order valence-corrected chi connectivity index (χ3v) is 7.12. The van der Waals surface area contributed by atoms with E-state index in [0.717, 1.165) is 17.0 Å². The maximum Gasteiger partial charge on any atom is 0.330 e. The second kappa shape index (κ2) is 10.9. The molecule has 1 aliphatic rings. The van der Waals surface area contributed by atoms with Gasteiger partial charge in [-0.25, -0.2) is 18.4 Å². The number of fused-ring (bicyclic) bond motifs is 1. The average Bonchev–Trinajstić information content (AvgIpc) is 3.13. The van der Waals surface area contributed by atoms with E-state index >= 15 is 0 Å². The quantitative estimate of drug-likeness (QED) is 0.309. The standard InChI is InChI=1S/C25H19Cl2N3O7S/c26-18-11-15(38(28,35)36)12-19(27)22(18)29-21(31)13-37-25(34)20(10-14-6-2-1-3-7-14)30-23(32)16-8-4-5-9-17(16)24(30)33/h1-9,11-12,20H,10,13H2,(H,29,31)(H2,28,35,36). The zero-order valence-electron chi connectivity index (χ0n) is 19.4. The van der Waals surface area contributed by atoms with Crippen LogP contribution in [0.3, 0.4) is 0 Å². The summed E-state index contributed by atoms with van der Waals surface area (Å²) >= 11 is 12.1. The van der Waals surface area contributed by atoms with Crippen LogP contribution in [0.1, 0.15) is 26.3 Å². The lowest BCUT2D eigenvalue weighted by Gasteiger charge is -2.24. The molecular formula is C25H19Cl2N3O7S. The molecule has 0 spiro atoms. The molecule has 196 valence electrons. The lowest BCUT2D eigenvalue weighted by molar-refractivity contribution is -0.151. The second-order valence-corrected chi connectivity index (χ2v) is 10.6. The smallest absolute Gasteiger partial charge is 0.330 e. The van der Waals surface area contributed by atoms with Crippen LogP contribution in [-0.4, -0.2) is 49.7 Å². The number of hydrogen-bond acceptors (Lipinski definition) is 7. The van der Waals surface area contributed by atoms with Crippen molar-refractivity contribution >= 4 is 62.6 Å². The molecule has 0 radical (unpaired) electrons. The molecule has 4 rings (SSSR count). The van der Waals surface area contributed by atoms with E-state index < -0.39 is 46.4 Å². The number of benzene rings is 3. The average molecular weight is 576 g/mol. The summed E-state index contributed by atoms with van der Waals surface area (Å²) < 4.78 is 28.2. The Balaban J connectivity index is 1.51. The molecule has 38 heavy (non-hydrogen) atoms. The number of nitrogens with one attached hydrogen (secondary N) is 1. The number of halogens is 2. The molecule has 3 N–H and O–H groups in total. The lowest BCUT2D eigenvalue weighted by atomic mass is 10.0. The third-order valence-electron chi connectivity index (χ3n) is 5.64. The SMILES string of the molecule is NS(=O)(=O)c1cc(Cl)c(NC(=O)COC(=O)C(Cc2ccccc2)N2C(=O)c3ccccc3C2=O)c(Cl)c1. The summed E-state index contributed by atoms with van der Waals surface area (Å²) in [5.74, 6) is -3.14. The third kappa shape index (κ3) is 5.70. The number of nitrogens with zero attached hydrogens (tertiary/aromatic N) is 1. The van der Waals surface area contributed by atoms with Gasteiger partial charge >= 0.3 is 5.97 Å². The number of esters is 1. The van der Waals surface area contributed by atoms with Crippen LogP contribution in [0, 0.1) is 0 Å². The summed E-state index contributed by atoms with van der Waals surface area (Å²) in [6, 6.07) is 15.5. The van der Waals surface area contributed by atoms with Gasteiger partial charge in [0, 0.05) is 6.42 Å². The molecule has 3 aromatic rings. The van der Waals surface area contributed by atoms with Crippen LogP contribution in [0.2, 0.25) is 10.0 Å². The number of imide groups is 1. The molecule has 0 bridgehead atoms. The Labute approximate surface area is 227 Å². The Hall–Kier alpha value is -3.77. The highest BCUT2D eigenvalue weighted by molar-refractivity contribution is 7.89. The number of carbonyl (C=O) groups excluding carboxylic acids is 4. The number of carbonyl (C=O) groups is 4. The van der Waals surface area contributed by atoms with Crippen LogP contribution in [-0.2, 0) is 30.8 Å². The van der Waals surface area contributed by atoms with E-state index in [1.807, 2.05) is 0 Å². The van der Waals surface area contributed by atoms with Gasteiger partial charge in [-0.05, 0) is 29.8 Å². The predicted octanol–water partition coefficient (Wildman–Crippen LogP) is 3.03. The number of rotatable bonds is 8. The van der Waals surface area contributed by atoms with Crippen molar-refractivity contribution in [1.29, 1.82) is 0 Å². The van der Waals surface area contributed by atoms with E-state index in [4.69, 9.17) is 33.1 Å². The van der Waals surface area contributed by atoms with Gasteiger partial charge in [-0.15, -0.1) is 0 Å². The Morgan fingerprint density at radius 2 is 1.45 bits per heavy atom. The number of hydrogen-bond donors (Lipinski definition) is 2. The summed E-state index contributed by atoms with van der Waals surface area (Å²) in [4.78, 5) is 52.2. The van der Waals surface area contributed by atoms with Gasteiger partial charge in [0.1, 0.15) is 6.04 Å². The first-order valence-corrected chi connectivity index (χ1v) is 13.3. The van der Waals surface area contributed by atoms with E-state index in [1.54, 1.807) is 42.5 Å². The highest BCUT2D eigenvalue weighted by Gasteiger charge is 2.43. The van der Waals surface area contributed by atoms with Gasteiger partial charge in [-0.1, -0.05) is 65.7 Å². The van der Waals surface area contributed by atoms with Gasteiger partial charge < -0.3 is 10.1 Å². The monoisotopic (exact) mass is 575 g/mol. The van der Waals surface area contributed by atoms with Gasteiger partial charge in [0.2, 0.25) is 10.0 Å². The minimum Gasteiger partial charge on any atom is -0.454 e. The number of ether oxygens (including phenoxy) is 1. The van der Waals surface area contributed by atoms with Crippen molar-refractivity contribution < 1.29 is 32.3 Å². The van der Waals surface area contributed by atoms with E-state index in [1.165, 1.54) is 12.1 Å². The second-order valence-electron chi connectivity index (χ2n) is 8.19. The largest absolute Gasteiger partial charge is 0.454 e. The number of primary sulfonamides is 1. The number of amides is 3. The van der Waals surface area contributed by atoms with E-state index in [9.17, 15) is 27.6 Å². The molecule has 1 unspecified atom stereocenters. The van der Waals surface area contributed by atoms with Crippen molar-refractivity contribution in [2.45, 2.75) is 17.4 Å². The highest BCUT2D eigenvalue weighted by atomic mass is 35.5. The van der Waals surface area contributed by atoms with E-state index in [-0.39, 0.29) is 38.2 Å². The summed E-state index contributed by atoms with van der Waals surface area (Å²) in [6.45, 7) is -0.809. The molecule has 0 aromatic heterocycles. The van der Waals surface area contributed by atoms with Crippen LogP contribution >= 0.6 is 23.2 Å². The summed E-state index contributed by atoms with van der Waals surface area (Å²) in [5.41, 5.74) is 0.855. The fourth-order valence-electron chi connectivity index (χ4n) is 3.85. The number of sulfonamides is 1. The zero-order valence-corrected chi connectivity index (χ0v) is 21.7. The van der Waals surface area contributed by atoms with Crippen LogP contribution in [0.5, 0.6) is 0 Å². The van der Waals surface area contributed by atoms with E-state index in [2.05, 4.69) is 5.32 Å². The molecule has 10 nitrogen and oxygen atoms in total. The normalized spacial score (nSPS) is 13.7. The van der Waals surface area contributed by atoms with Crippen molar-refractivity contribution in [2.75, 3.05) is 11.9 Å². The van der Waals surface area contributed by atoms with Gasteiger partial charge in [0.15, 0.2) is 6.61 Å². The first-order valence-electron chi connectivity index (χ1n) is 11.0. The summed E-state index contributed by atoms with van der Waals surface area (Å²) in [5, 5.41) is 6.98. The Morgan fingerprint density at radius 1 is 0.921 bits per heavy atom. The molecule has 1 aliphatic heterocycles. The zero-order chi connectivity index (χ0) is 27.6. The molecule has 1 atom stereocenters. The fraction of sp³-hybridized carbons (Fsp3) is 0.120. The molecule has 13 heteroatoms. The first kappa shape index (κ1) is 27.3. The molecule has 1 heterocycles. The Bertz CT molecular complexity index is 1500. The van der Waals surface area contributed by atoms with Crippen molar-refractivity contribution in [2.24, 2.45) is 5.14 Å². The van der Waals surface area contributed by atoms with E-state index in [0.29, 0.717) is 5.56 Å². The van der Waals surface area contributed by atoms with Crippen LogP contribution < -0.4 is 10.5 Å². The van der Waals surface area contributed by atoms with Crippen LogP contribution in [0.15, 0.2) is 71.6 Å². The molecule has 0 aliphatic carbocycles. The van der Waals surface area contributed by atoms with Crippen molar-refractivity contribution in [3.8, 4) is 0 Å². The predicted molar refractivity (Wildman–Crippen MR) is 138 cm³/mol. The summed E-state index contributed by atoms with van der Waals surface area (Å²) in [7, 11) is -4.10. The van der Waals surface area contributed by atoms with Crippen molar-refractivity contribution in [3.63, 3.8) is 0 Å². The minimum absolute atomic E-state index is 0.0422. The fourth-order valence-corrected chi connectivity index (χ4v) is 5.13. The van der Waals surface area contributed by atoms with Crippen LogP contribution in [0.4, 0.5) is 5.69 Å². The first-order chi connectivity index (χ1) is 18.0. The van der Waals surface area contributed by atoms with Crippen molar-refractivity contribution in [3.05, 3.63) is 93.5 Å². The van der Waals surface area contributed by atoms with Gasteiger partial charge in [-0.3, -0.25) is 19.3 Å². The highest BCUT2D eigenvalue weighted by Crippen LogP contribution is 2.33. The number of anilines is 1. The minimum atomic E-state index is -4.10. The molecular weight excluding hydrogens is 557 g/mol. The van der Waals surface area contributed by atoms with Gasteiger partial charge in [-0.2, -0.15) is 0 Å². The Morgan fingerprint density at radius 3 is 1.97 bits per heavy atom. The van der Waals surface area contributed by atoms with Gasteiger partial charge in [0.05, 0.1) is 31.8 Å². The molecule has 0 saturated heterocycles. The topological polar surface area (TPSA) is 153 Å². The van der Waals surface area contributed by atoms with Crippen molar-refractivity contribution in [1.82, 2.24) is 4.90 Å². The molecule has 3 aromatic carbocycles. The maximum atomic E-state index is 13.1.